The third-order valence-corrected chi connectivity index (χ3v) is 8.19. The number of hydrogen-bond acceptors (Lipinski definition) is 5. The molecule has 0 fully saturated rings. The topological polar surface area (TPSA) is 92.6 Å². The first-order valence-corrected chi connectivity index (χ1v) is 11.6. The first-order chi connectivity index (χ1) is 14.0. The SMILES string of the molecule is CN(C)S(=O)(=O)c1ccc(S(=O)(=O)N(C)Cc2nc3ccccc3n2C(F)F)cc1. The normalized spacial score (nSPS) is 13.1. The fourth-order valence-corrected chi connectivity index (χ4v) is 4.91. The Labute approximate surface area is 173 Å². The zero-order valence-electron chi connectivity index (χ0n) is 16.4. The lowest BCUT2D eigenvalue weighted by molar-refractivity contribution is 0.0703. The number of alkyl halides is 2. The number of rotatable bonds is 7. The van der Waals surface area contributed by atoms with Gasteiger partial charge >= 0.3 is 6.55 Å². The molecule has 3 aromatic rings. The maximum Gasteiger partial charge on any atom is 0.320 e. The largest absolute Gasteiger partial charge is 0.320 e. The minimum absolute atomic E-state index is 0.0615. The number of halogens is 2. The number of para-hydroxylation sites is 2. The van der Waals surface area contributed by atoms with Crippen LogP contribution >= 0.6 is 0 Å². The van der Waals surface area contributed by atoms with Gasteiger partial charge in [0.2, 0.25) is 20.0 Å². The number of benzene rings is 2. The van der Waals surface area contributed by atoms with E-state index in [-0.39, 0.29) is 27.7 Å². The van der Waals surface area contributed by atoms with E-state index in [0.29, 0.717) is 10.1 Å². The molecule has 0 aliphatic heterocycles. The van der Waals surface area contributed by atoms with Crippen molar-refractivity contribution in [3.63, 3.8) is 0 Å². The van der Waals surface area contributed by atoms with E-state index in [2.05, 4.69) is 4.98 Å². The van der Waals surface area contributed by atoms with Crippen LogP contribution in [-0.2, 0) is 26.6 Å². The molecule has 0 atom stereocenters. The van der Waals surface area contributed by atoms with E-state index in [1.165, 1.54) is 39.3 Å². The van der Waals surface area contributed by atoms with Crippen molar-refractivity contribution >= 4 is 31.1 Å². The molecule has 8 nitrogen and oxygen atoms in total. The molecule has 0 saturated heterocycles. The van der Waals surface area contributed by atoms with Crippen LogP contribution in [-0.4, -0.2) is 56.1 Å². The highest BCUT2D eigenvalue weighted by atomic mass is 32.2. The molecule has 0 radical (unpaired) electrons. The fraction of sp³-hybridized carbons (Fsp3) is 0.278. The monoisotopic (exact) mass is 458 g/mol. The Hall–Kier alpha value is -2.41. The summed E-state index contributed by atoms with van der Waals surface area (Å²) >= 11 is 0. The summed E-state index contributed by atoms with van der Waals surface area (Å²) in [6, 6.07) is 11.0. The van der Waals surface area contributed by atoms with Crippen LogP contribution in [0.25, 0.3) is 11.0 Å². The maximum absolute atomic E-state index is 13.6. The van der Waals surface area contributed by atoms with Gasteiger partial charge in [-0.25, -0.2) is 26.1 Å². The fourth-order valence-electron chi connectivity index (χ4n) is 2.88. The molecule has 2 aromatic carbocycles. The molecule has 0 saturated carbocycles. The lowest BCUT2D eigenvalue weighted by atomic mass is 10.3. The molecule has 30 heavy (non-hydrogen) atoms. The van der Waals surface area contributed by atoms with Crippen molar-refractivity contribution in [3.8, 4) is 0 Å². The summed E-state index contributed by atoms with van der Waals surface area (Å²) in [6.45, 7) is -3.28. The van der Waals surface area contributed by atoms with Gasteiger partial charge in [0.25, 0.3) is 0 Å². The van der Waals surface area contributed by atoms with Gasteiger partial charge in [0.15, 0.2) is 0 Å². The van der Waals surface area contributed by atoms with E-state index >= 15 is 0 Å². The molecular weight excluding hydrogens is 438 g/mol. The van der Waals surface area contributed by atoms with Crippen LogP contribution < -0.4 is 0 Å². The maximum atomic E-state index is 13.6. The zero-order chi connectivity index (χ0) is 22.3. The van der Waals surface area contributed by atoms with Gasteiger partial charge < -0.3 is 0 Å². The predicted octanol–water partition coefficient (Wildman–Crippen LogP) is 2.50. The highest BCUT2D eigenvalue weighted by molar-refractivity contribution is 7.89. The summed E-state index contributed by atoms with van der Waals surface area (Å²) < 4.78 is 79.8. The van der Waals surface area contributed by atoms with Crippen LogP contribution in [0.2, 0.25) is 0 Å². The number of hydrogen-bond donors (Lipinski definition) is 0. The summed E-state index contributed by atoms with van der Waals surface area (Å²) in [7, 11) is -3.81. The molecule has 0 spiro atoms. The summed E-state index contributed by atoms with van der Waals surface area (Å²) in [5, 5.41) is 0. The van der Waals surface area contributed by atoms with E-state index in [0.717, 1.165) is 20.7 Å². The first-order valence-electron chi connectivity index (χ1n) is 8.69. The average Bonchev–Trinajstić information content (AvgIpc) is 3.05. The zero-order valence-corrected chi connectivity index (χ0v) is 18.0. The molecule has 0 aliphatic rings. The Morgan fingerprint density at radius 3 is 1.97 bits per heavy atom. The van der Waals surface area contributed by atoms with Gasteiger partial charge in [0.1, 0.15) is 5.82 Å². The van der Waals surface area contributed by atoms with Gasteiger partial charge in [-0.3, -0.25) is 4.57 Å². The van der Waals surface area contributed by atoms with Crippen molar-refractivity contribution in [1.82, 2.24) is 18.2 Å². The van der Waals surface area contributed by atoms with E-state index in [1.54, 1.807) is 18.2 Å². The second-order valence-electron chi connectivity index (χ2n) is 6.68. The molecular formula is C18H20F2N4O4S2. The van der Waals surface area contributed by atoms with Gasteiger partial charge in [0, 0.05) is 21.1 Å². The molecule has 1 aromatic heterocycles. The van der Waals surface area contributed by atoms with E-state index in [9.17, 15) is 25.6 Å². The van der Waals surface area contributed by atoms with Crippen molar-refractivity contribution in [2.75, 3.05) is 21.1 Å². The lowest BCUT2D eigenvalue weighted by Gasteiger charge is -2.18. The number of sulfonamides is 2. The molecule has 3 rings (SSSR count). The van der Waals surface area contributed by atoms with Gasteiger partial charge in [-0.1, -0.05) is 12.1 Å². The van der Waals surface area contributed by atoms with E-state index in [1.807, 2.05) is 0 Å². The van der Waals surface area contributed by atoms with Crippen LogP contribution in [0.15, 0.2) is 58.3 Å². The van der Waals surface area contributed by atoms with Crippen molar-refractivity contribution in [2.24, 2.45) is 0 Å². The molecule has 162 valence electrons. The van der Waals surface area contributed by atoms with Crippen molar-refractivity contribution in [2.45, 2.75) is 22.9 Å². The summed E-state index contributed by atoms with van der Waals surface area (Å²) in [4.78, 5) is 3.91. The molecule has 0 amide bonds. The Balaban J connectivity index is 1.93. The minimum Gasteiger partial charge on any atom is -0.269 e. The Kier molecular flexibility index (Phi) is 5.96. The summed E-state index contributed by atoms with van der Waals surface area (Å²) in [5.74, 6) is -0.107. The van der Waals surface area contributed by atoms with Crippen LogP contribution in [0.5, 0.6) is 0 Å². The average molecular weight is 459 g/mol. The third kappa shape index (κ3) is 3.95. The minimum atomic E-state index is -4.07. The molecule has 0 unspecified atom stereocenters. The second kappa shape index (κ2) is 8.02. The molecule has 0 aliphatic carbocycles. The Morgan fingerprint density at radius 2 is 1.43 bits per heavy atom. The summed E-state index contributed by atoms with van der Waals surface area (Å²) in [5.41, 5.74) is 0.531. The number of fused-ring (bicyclic) bond motifs is 1. The second-order valence-corrected chi connectivity index (χ2v) is 10.9. The standard InChI is InChI=1S/C18H20F2N4O4S2/c1-22(2)29(25,26)13-8-10-14(11-9-13)30(27,28)23(3)12-17-21-15-6-4-5-7-16(15)24(17)18(19)20/h4-11,18H,12H2,1-3H3. The van der Waals surface area contributed by atoms with Gasteiger partial charge in [-0.2, -0.15) is 13.1 Å². The molecule has 0 bridgehead atoms. The third-order valence-electron chi connectivity index (χ3n) is 4.54. The van der Waals surface area contributed by atoms with E-state index in [4.69, 9.17) is 0 Å². The number of nitrogens with zero attached hydrogens (tertiary/aromatic N) is 4. The molecule has 0 N–H and O–H groups in total. The Bertz CT molecular complexity index is 1270. The predicted molar refractivity (Wildman–Crippen MR) is 107 cm³/mol. The lowest BCUT2D eigenvalue weighted by Crippen LogP contribution is -2.28. The van der Waals surface area contributed by atoms with Crippen LogP contribution in [0.3, 0.4) is 0 Å². The van der Waals surface area contributed by atoms with Crippen molar-refractivity contribution in [3.05, 3.63) is 54.4 Å². The first kappa shape index (κ1) is 22.3. The quantitative estimate of drug-likeness (QED) is 0.542. The van der Waals surface area contributed by atoms with Crippen LogP contribution in [0.4, 0.5) is 8.78 Å². The van der Waals surface area contributed by atoms with Crippen molar-refractivity contribution < 1.29 is 25.6 Å². The molecule has 1 heterocycles. The van der Waals surface area contributed by atoms with Crippen LogP contribution in [0.1, 0.15) is 12.4 Å². The summed E-state index contributed by atoms with van der Waals surface area (Å²) in [6.07, 6.45) is 0. The van der Waals surface area contributed by atoms with Gasteiger partial charge in [-0.15, -0.1) is 0 Å². The highest BCUT2D eigenvalue weighted by Crippen LogP contribution is 2.25. The van der Waals surface area contributed by atoms with Gasteiger partial charge in [-0.05, 0) is 36.4 Å². The van der Waals surface area contributed by atoms with E-state index < -0.39 is 26.6 Å². The Morgan fingerprint density at radius 1 is 0.900 bits per heavy atom. The smallest absolute Gasteiger partial charge is 0.269 e. The highest BCUT2D eigenvalue weighted by Gasteiger charge is 2.26. The van der Waals surface area contributed by atoms with Crippen LogP contribution in [0, 0.1) is 0 Å². The van der Waals surface area contributed by atoms with Crippen molar-refractivity contribution in [1.29, 1.82) is 0 Å². The van der Waals surface area contributed by atoms with Gasteiger partial charge in [0.05, 0.1) is 27.4 Å². The molecule has 12 heteroatoms. The number of imidazole rings is 1. The number of aromatic nitrogens is 2.